The Labute approximate surface area is 45.6 Å². The van der Waals surface area contributed by atoms with Crippen molar-refractivity contribution in [1.29, 1.82) is 0 Å². The Morgan fingerprint density at radius 3 is 2.62 bits per heavy atom. The fourth-order valence-electron chi connectivity index (χ4n) is 0.597. The summed E-state index contributed by atoms with van der Waals surface area (Å²) < 4.78 is 12.0. The molecule has 0 amide bonds. The van der Waals surface area contributed by atoms with E-state index in [4.69, 9.17) is 5.11 Å². The molecule has 0 bridgehead atoms. The molecule has 1 aliphatic carbocycles. The largest absolute Gasteiger partial charge is 0.386 e. The molecule has 0 aliphatic heterocycles. The van der Waals surface area contributed by atoms with Gasteiger partial charge in [0.1, 0.15) is 11.9 Å². The average Bonchev–Trinajstić information content (AvgIpc) is 1.85. The summed E-state index contributed by atoms with van der Waals surface area (Å²) in [5.41, 5.74) is 0. The maximum absolute atomic E-state index is 12.0. The van der Waals surface area contributed by atoms with Gasteiger partial charge in [-0.2, -0.15) is 0 Å². The highest BCUT2D eigenvalue weighted by Crippen LogP contribution is 2.15. The second kappa shape index (κ2) is 1.67. The SMILES string of the molecule is O=C1C=C(F)[C@H](O)C1. The van der Waals surface area contributed by atoms with Crippen LogP contribution in [-0.2, 0) is 4.79 Å². The van der Waals surface area contributed by atoms with E-state index in [1.807, 2.05) is 0 Å². The zero-order chi connectivity index (χ0) is 6.15. The van der Waals surface area contributed by atoms with E-state index < -0.39 is 11.9 Å². The monoisotopic (exact) mass is 116 g/mol. The third-order valence-electron chi connectivity index (χ3n) is 1.01. The quantitative estimate of drug-likeness (QED) is 0.490. The molecule has 0 heterocycles. The van der Waals surface area contributed by atoms with Crippen molar-refractivity contribution in [3.63, 3.8) is 0 Å². The van der Waals surface area contributed by atoms with Gasteiger partial charge in [0.25, 0.3) is 0 Å². The van der Waals surface area contributed by atoms with Crippen LogP contribution in [0.3, 0.4) is 0 Å². The van der Waals surface area contributed by atoms with Crippen LogP contribution in [0.4, 0.5) is 4.39 Å². The minimum Gasteiger partial charge on any atom is -0.386 e. The van der Waals surface area contributed by atoms with Gasteiger partial charge in [0.15, 0.2) is 5.78 Å². The number of aliphatic hydroxyl groups is 1. The smallest absolute Gasteiger partial charge is 0.161 e. The molecule has 44 valence electrons. The Bertz CT molecular complexity index is 151. The topological polar surface area (TPSA) is 37.3 Å². The number of ketones is 1. The molecule has 0 radical (unpaired) electrons. The standard InChI is InChI=1S/C5H5FO2/c6-4-1-3(7)2-5(4)8/h1,5,8H,2H2/t5-/m1/s1. The summed E-state index contributed by atoms with van der Waals surface area (Å²) in [5, 5.41) is 8.50. The molecule has 0 spiro atoms. The highest BCUT2D eigenvalue weighted by atomic mass is 19.1. The maximum Gasteiger partial charge on any atom is 0.161 e. The van der Waals surface area contributed by atoms with Crippen LogP contribution < -0.4 is 0 Å². The number of aliphatic hydroxyl groups excluding tert-OH is 1. The van der Waals surface area contributed by atoms with Crippen molar-refractivity contribution in [2.45, 2.75) is 12.5 Å². The predicted molar refractivity (Wildman–Crippen MR) is 24.8 cm³/mol. The van der Waals surface area contributed by atoms with Crippen LogP contribution in [0.25, 0.3) is 0 Å². The second-order valence-corrected chi connectivity index (χ2v) is 1.72. The van der Waals surface area contributed by atoms with E-state index in [1.54, 1.807) is 0 Å². The van der Waals surface area contributed by atoms with Crippen molar-refractivity contribution in [3.8, 4) is 0 Å². The fraction of sp³-hybridized carbons (Fsp3) is 0.400. The number of allylic oxidation sites excluding steroid dienone is 1. The molecule has 0 aromatic heterocycles. The van der Waals surface area contributed by atoms with Crippen LogP contribution in [-0.4, -0.2) is 17.0 Å². The molecule has 8 heavy (non-hydrogen) atoms. The molecule has 3 heteroatoms. The van der Waals surface area contributed by atoms with Gasteiger partial charge in [-0.3, -0.25) is 4.79 Å². The normalized spacial score (nSPS) is 28.5. The summed E-state index contributed by atoms with van der Waals surface area (Å²) >= 11 is 0. The van der Waals surface area contributed by atoms with Crippen molar-refractivity contribution in [1.82, 2.24) is 0 Å². The van der Waals surface area contributed by atoms with Gasteiger partial charge in [-0.1, -0.05) is 0 Å². The first-order chi connectivity index (χ1) is 3.70. The maximum atomic E-state index is 12.0. The van der Waals surface area contributed by atoms with Crippen molar-refractivity contribution in [3.05, 3.63) is 11.9 Å². The van der Waals surface area contributed by atoms with Gasteiger partial charge in [0.2, 0.25) is 0 Å². The lowest BCUT2D eigenvalue weighted by atomic mass is 10.3. The summed E-state index contributed by atoms with van der Waals surface area (Å²) in [6, 6.07) is 0. The van der Waals surface area contributed by atoms with E-state index in [-0.39, 0.29) is 12.2 Å². The van der Waals surface area contributed by atoms with Crippen LogP contribution in [0.15, 0.2) is 11.9 Å². The minimum absolute atomic E-state index is 0.0914. The van der Waals surface area contributed by atoms with Crippen LogP contribution >= 0.6 is 0 Å². The average molecular weight is 116 g/mol. The van der Waals surface area contributed by atoms with Crippen LogP contribution in [0.1, 0.15) is 6.42 Å². The van der Waals surface area contributed by atoms with E-state index in [2.05, 4.69) is 0 Å². The molecule has 0 saturated carbocycles. The first kappa shape index (κ1) is 5.44. The summed E-state index contributed by atoms with van der Waals surface area (Å²) in [6.07, 6.45) is -0.432. The first-order valence-corrected chi connectivity index (χ1v) is 2.28. The number of halogens is 1. The Morgan fingerprint density at radius 2 is 2.50 bits per heavy atom. The molecule has 1 atom stereocenters. The summed E-state index contributed by atoms with van der Waals surface area (Å²) in [4.78, 5) is 10.2. The minimum atomic E-state index is -1.16. The first-order valence-electron chi connectivity index (χ1n) is 2.28. The Balaban J connectivity index is 2.73. The van der Waals surface area contributed by atoms with E-state index >= 15 is 0 Å². The lowest BCUT2D eigenvalue weighted by Crippen LogP contribution is -2.02. The Morgan fingerprint density at radius 1 is 1.88 bits per heavy atom. The van der Waals surface area contributed by atoms with E-state index in [1.165, 1.54) is 0 Å². The van der Waals surface area contributed by atoms with Crippen molar-refractivity contribution < 1.29 is 14.3 Å². The number of hydrogen-bond donors (Lipinski definition) is 1. The van der Waals surface area contributed by atoms with Gasteiger partial charge >= 0.3 is 0 Å². The molecule has 2 nitrogen and oxygen atoms in total. The van der Waals surface area contributed by atoms with Gasteiger partial charge in [-0.05, 0) is 0 Å². The van der Waals surface area contributed by atoms with E-state index in [0.29, 0.717) is 0 Å². The zero-order valence-corrected chi connectivity index (χ0v) is 4.10. The van der Waals surface area contributed by atoms with Gasteiger partial charge < -0.3 is 5.11 Å². The number of carbonyl (C=O) groups excluding carboxylic acids is 1. The molecule has 0 unspecified atom stereocenters. The number of carbonyl (C=O) groups is 1. The zero-order valence-electron chi connectivity index (χ0n) is 4.10. The predicted octanol–water partition coefficient (Wildman–Crippen LogP) is 0.173. The third kappa shape index (κ3) is 0.767. The van der Waals surface area contributed by atoms with Crippen LogP contribution in [0, 0.1) is 0 Å². The number of hydrogen-bond acceptors (Lipinski definition) is 2. The Hall–Kier alpha value is -0.700. The Kier molecular flexibility index (Phi) is 1.13. The lowest BCUT2D eigenvalue weighted by Gasteiger charge is -1.93. The van der Waals surface area contributed by atoms with Gasteiger partial charge in [0, 0.05) is 12.5 Å². The van der Waals surface area contributed by atoms with Gasteiger partial charge in [-0.15, -0.1) is 0 Å². The molecular formula is C5H5FO2. The van der Waals surface area contributed by atoms with Crippen molar-refractivity contribution in [2.24, 2.45) is 0 Å². The molecular weight excluding hydrogens is 111 g/mol. The highest BCUT2D eigenvalue weighted by Gasteiger charge is 2.21. The molecule has 0 fully saturated rings. The van der Waals surface area contributed by atoms with Crippen molar-refractivity contribution in [2.75, 3.05) is 0 Å². The lowest BCUT2D eigenvalue weighted by molar-refractivity contribution is -0.115. The summed E-state index contributed by atoms with van der Waals surface area (Å²) in [6.45, 7) is 0. The fourth-order valence-corrected chi connectivity index (χ4v) is 0.597. The second-order valence-electron chi connectivity index (χ2n) is 1.72. The highest BCUT2D eigenvalue weighted by molar-refractivity contribution is 5.93. The summed E-state index contributed by atoms with van der Waals surface area (Å²) in [5.74, 6) is -1.05. The molecule has 1 N–H and O–H groups in total. The summed E-state index contributed by atoms with van der Waals surface area (Å²) in [7, 11) is 0. The van der Waals surface area contributed by atoms with Gasteiger partial charge in [0.05, 0.1) is 0 Å². The van der Waals surface area contributed by atoms with Gasteiger partial charge in [-0.25, -0.2) is 4.39 Å². The third-order valence-corrected chi connectivity index (χ3v) is 1.01. The van der Waals surface area contributed by atoms with Crippen LogP contribution in [0.5, 0.6) is 0 Å². The van der Waals surface area contributed by atoms with Crippen LogP contribution in [0.2, 0.25) is 0 Å². The molecule has 1 rings (SSSR count). The molecule has 1 aliphatic rings. The molecule has 0 saturated heterocycles. The van der Waals surface area contributed by atoms with E-state index in [9.17, 15) is 9.18 Å². The van der Waals surface area contributed by atoms with E-state index in [0.717, 1.165) is 6.08 Å². The molecule has 0 aromatic rings. The molecule has 0 aromatic carbocycles. The van der Waals surface area contributed by atoms with Crippen molar-refractivity contribution >= 4 is 5.78 Å². The number of rotatable bonds is 0.